The summed E-state index contributed by atoms with van der Waals surface area (Å²) in [7, 11) is 2.42. The molecule has 0 N–H and O–H groups in total. The number of carbonyl (C=O) groups is 3. The molecule has 0 saturated carbocycles. The van der Waals surface area contributed by atoms with E-state index >= 15 is 0 Å². The van der Waals surface area contributed by atoms with Gasteiger partial charge in [0.25, 0.3) is 0 Å². The summed E-state index contributed by atoms with van der Waals surface area (Å²) in [6.45, 7) is 0. The highest BCUT2D eigenvalue weighted by Crippen LogP contribution is 2.39. The van der Waals surface area contributed by atoms with E-state index in [1.165, 1.54) is 20.3 Å². The van der Waals surface area contributed by atoms with Gasteiger partial charge in [-0.2, -0.15) is 0 Å². The van der Waals surface area contributed by atoms with Crippen molar-refractivity contribution in [2.24, 2.45) is 0 Å². The van der Waals surface area contributed by atoms with Crippen LogP contribution in [0.4, 0.5) is 0 Å². The summed E-state index contributed by atoms with van der Waals surface area (Å²) in [6.07, 6.45) is 0. The van der Waals surface area contributed by atoms with Crippen molar-refractivity contribution in [1.29, 1.82) is 0 Å². The second-order valence-corrected chi connectivity index (χ2v) is 4.77. The average Bonchev–Trinajstić information content (AvgIpc) is 2.86. The summed E-state index contributed by atoms with van der Waals surface area (Å²) >= 11 is 0. The fourth-order valence-corrected chi connectivity index (χ4v) is 2.71. The van der Waals surface area contributed by atoms with E-state index in [9.17, 15) is 14.4 Å². The van der Waals surface area contributed by atoms with Gasteiger partial charge in [-0.25, -0.2) is 9.59 Å². The molecule has 2 aromatic carbocycles. The highest BCUT2D eigenvalue weighted by Gasteiger charge is 2.34. The Kier molecular flexibility index (Phi) is 3.25. The molecule has 110 valence electrons. The Bertz CT molecular complexity index is 820. The smallest absolute Gasteiger partial charge is 0.339 e. The monoisotopic (exact) mass is 296 g/mol. The Balaban J connectivity index is 2.35. The van der Waals surface area contributed by atoms with Gasteiger partial charge in [-0.05, 0) is 17.2 Å². The van der Waals surface area contributed by atoms with Crippen LogP contribution in [0.5, 0.6) is 0 Å². The molecule has 0 atom stereocenters. The van der Waals surface area contributed by atoms with Crippen LogP contribution in [0.15, 0.2) is 36.4 Å². The second kappa shape index (κ2) is 5.11. The van der Waals surface area contributed by atoms with Crippen LogP contribution in [0.2, 0.25) is 0 Å². The highest BCUT2D eigenvalue weighted by molar-refractivity contribution is 6.26. The number of benzene rings is 2. The third-order valence-corrected chi connectivity index (χ3v) is 3.69. The van der Waals surface area contributed by atoms with E-state index < -0.39 is 11.9 Å². The molecule has 0 fully saturated rings. The minimum atomic E-state index is -0.738. The SMILES string of the molecule is COC(=O)c1ccc2c(c1C(=O)OC)C(=O)c1ccccc1-2. The van der Waals surface area contributed by atoms with Crippen molar-refractivity contribution < 1.29 is 23.9 Å². The topological polar surface area (TPSA) is 69.7 Å². The molecule has 0 saturated heterocycles. The number of ketones is 1. The van der Waals surface area contributed by atoms with Crippen LogP contribution in [0.1, 0.15) is 36.6 Å². The third kappa shape index (κ3) is 1.83. The number of fused-ring (bicyclic) bond motifs is 3. The van der Waals surface area contributed by atoms with Gasteiger partial charge in [0.1, 0.15) is 0 Å². The zero-order valence-electron chi connectivity index (χ0n) is 12.0. The Morgan fingerprint density at radius 1 is 0.818 bits per heavy atom. The molecule has 0 radical (unpaired) electrons. The molecule has 0 aromatic heterocycles. The minimum absolute atomic E-state index is 0.0225. The van der Waals surface area contributed by atoms with Crippen LogP contribution in [0.3, 0.4) is 0 Å². The first-order valence-electron chi connectivity index (χ1n) is 6.58. The van der Waals surface area contributed by atoms with Crippen LogP contribution in [-0.4, -0.2) is 31.9 Å². The summed E-state index contributed by atoms with van der Waals surface area (Å²) in [5.41, 5.74) is 2.03. The molecule has 5 nitrogen and oxygen atoms in total. The molecule has 3 rings (SSSR count). The molecule has 1 aliphatic carbocycles. The number of methoxy groups -OCH3 is 2. The quantitative estimate of drug-likeness (QED) is 0.679. The van der Waals surface area contributed by atoms with Crippen LogP contribution in [-0.2, 0) is 9.47 Å². The average molecular weight is 296 g/mol. The molecule has 1 aliphatic rings. The molecule has 0 unspecified atom stereocenters. The lowest BCUT2D eigenvalue weighted by Crippen LogP contribution is -2.16. The number of hydrogen-bond acceptors (Lipinski definition) is 5. The standard InChI is InChI=1S/C17H12O5/c1-21-16(19)12-8-7-10-9-5-3-4-6-11(9)15(18)13(10)14(12)17(20)22-2/h3-8H,1-2H3. The van der Waals surface area contributed by atoms with Crippen LogP contribution >= 0.6 is 0 Å². The van der Waals surface area contributed by atoms with E-state index in [4.69, 9.17) is 4.74 Å². The van der Waals surface area contributed by atoms with Gasteiger partial charge in [-0.1, -0.05) is 30.3 Å². The fraction of sp³-hybridized carbons (Fsp3) is 0.118. The first-order chi connectivity index (χ1) is 10.6. The Morgan fingerprint density at radius 2 is 1.45 bits per heavy atom. The molecule has 0 amide bonds. The van der Waals surface area contributed by atoms with Crippen molar-refractivity contribution in [2.75, 3.05) is 14.2 Å². The zero-order valence-corrected chi connectivity index (χ0v) is 12.0. The first kappa shape index (κ1) is 14.0. The van der Waals surface area contributed by atoms with Crippen LogP contribution < -0.4 is 0 Å². The molecule has 0 bridgehead atoms. The van der Waals surface area contributed by atoms with Crippen LogP contribution in [0.25, 0.3) is 11.1 Å². The number of hydrogen-bond donors (Lipinski definition) is 0. The van der Waals surface area contributed by atoms with Crippen molar-refractivity contribution in [1.82, 2.24) is 0 Å². The molecule has 0 heterocycles. The normalized spacial score (nSPS) is 11.6. The summed E-state index contributed by atoms with van der Waals surface area (Å²) < 4.78 is 9.43. The molecule has 0 spiro atoms. The van der Waals surface area contributed by atoms with Crippen molar-refractivity contribution in [3.8, 4) is 11.1 Å². The summed E-state index contributed by atoms with van der Waals surface area (Å²) in [5.74, 6) is -1.72. The fourth-order valence-electron chi connectivity index (χ4n) is 2.71. The molecule has 22 heavy (non-hydrogen) atoms. The summed E-state index contributed by atoms with van der Waals surface area (Å²) in [4.78, 5) is 36.7. The Morgan fingerprint density at radius 3 is 2.09 bits per heavy atom. The summed E-state index contributed by atoms with van der Waals surface area (Å²) in [5, 5.41) is 0. The lowest BCUT2D eigenvalue weighted by molar-refractivity contribution is 0.0554. The van der Waals surface area contributed by atoms with Gasteiger partial charge in [0.05, 0.1) is 25.3 Å². The highest BCUT2D eigenvalue weighted by atomic mass is 16.5. The predicted octanol–water partition coefficient (Wildman–Crippen LogP) is 2.47. The summed E-state index contributed by atoms with van der Waals surface area (Å²) in [6, 6.07) is 10.2. The number of carbonyl (C=O) groups excluding carboxylic acids is 3. The zero-order chi connectivity index (χ0) is 15.9. The van der Waals surface area contributed by atoms with E-state index in [0.717, 1.165) is 5.56 Å². The molecule has 0 aliphatic heterocycles. The number of rotatable bonds is 2. The van der Waals surface area contributed by atoms with Crippen molar-refractivity contribution in [3.63, 3.8) is 0 Å². The van der Waals surface area contributed by atoms with Crippen LogP contribution in [0, 0.1) is 0 Å². The van der Waals surface area contributed by atoms with E-state index in [0.29, 0.717) is 11.1 Å². The lowest BCUT2D eigenvalue weighted by atomic mass is 9.95. The first-order valence-corrected chi connectivity index (χ1v) is 6.58. The molecule has 5 heteroatoms. The minimum Gasteiger partial charge on any atom is -0.465 e. The molecular formula is C17H12O5. The van der Waals surface area contributed by atoms with Gasteiger partial charge in [0, 0.05) is 11.1 Å². The van der Waals surface area contributed by atoms with Crippen molar-refractivity contribution in [3.05, 3.63) is 58.7 Å². The largest absolute Gasteiger partial charge is 0.465 e. The number of ether oxygens (including phenoxy) is 2. The maximum Gasteiger partial charge on any atom is 0.339 e. The van der Waals surface area contributed by atoms with Gasteiger partial charge in [0.2, 0.25) is 0 Å². The third-order valence-electron chi connectivity index (χ3n) is 3.69. The Labute approximate surface area is 126 Å². The second-order valence-electron chi connectivity index (χ2n) is 4.77. The van der Waals surface area contributed by atoms with E-state index in [-0.39, 0.29) is 22.5 Å². The van der Waals surface area contributed by atoms with E-state index in [1.54, 1.807) is 24.3 Å². The number of esters is 2. The van der Waals surface area contributed by atoms with Gasteiger partial charge in [-0.3, -0.25) is 4.79 Å². The lowest BCUT2D eigenvalue weighted by Gasteiger charge is -2.10. The van der Waals surface area contributed by atoms with Crippen molar-refractivity contribution in [2.45, 2.75) is 0 Å². The van der Waals surface area contributed by atoms with E-state index in [1.807, 2.05) is 6.07 Å². The molecular weight excluding hydrogens is 284 g/mol. The molecule has 2 aromatic rings. The maximum absolute atomic E-state index is 12.6. The van der Waals surface area contributed by atoms with Gasteiger partial charge < -0.3 is 9.47 Å². The van der Waals surface area contributed by atoms with Gasteiger partial charge >= 0.3 is 11.9 Å². The van der Waals surface area contributed by atoms with Crippen molar-refractivity contribution >= 4 is 17.7 Å². The maximum atomic E-state index is 12.6. The van der Waals surface area contributed by atoms with Gasteiger partial charge in [0.15, 0.2) is 5.78 Å². The van der Waals surface area contributed by atoms with E-state index in [2.05, 4.69) is 4.74 Å². The van der Waals surface area contributed by atoms with Gasteiger partial charge in [-0.15, -0.1) is 0 Å². The Hall–Kier alpha value is -2.95. The predicted molar refractivity (Wildman–Crippen MR) is 78.0 cm³/mol.